The normalized spacial score (nSPS) is 9.92. The van der Waals surface area contributed by atoms with E-state index in [1.54, 1.807) is 0 Å². The summed E-state index contributed by atoms with van der Waals surface area (Å²) in [5, 5.41) is 2.67. The molecule has 0 rings (SSSR count). The quantitative estimate of drug-likeness (QED) is 0.125. The Balaban J connectivity index is 3.12. The maximum absolute atomic E-state index is 10.7. The number of unbranched alkanes of at least 4 members (excludes halogenated alkanes) is 1. The topological polar surface area (TPSA) is 79.5 Å². The fourth-order valence-electron chi connectivity index (χ4n) is 0.729. The predicted molar refractivity (Wildman–Crippen MR) is 53.1 cm³/mol. The van der Waals surface area contributed by atoms with Crippen LogP contribution in [0.25, 0.3) is 0 Å². The zero-order valence-electron chi connectivity index (χ0n) is 7.62. The van der Waals surface area contributed by atoms with Crippen molar-refractivity contribution in [3.05, 3.63) is 12.7 Å². The van der Waals surface area contributed by atoms with Crippen molar-refractivity contribution in [2.75, 3.05) is 13.1 Å². The molecule has 0 aromatic heterocycles. The van der Waals surface area contributed by atoms with Crippen molar-refractivity contribution in [3.63, 3.8) is 0 Å². The number of carbonyl (C=O) groups excluding carboxylic acids is 1. The van der Waals surface area contributed by atoms with Gasteiger partial charge in [-0.05, 0) is 18.9 Å². The third-order valence-corrected chi connectivity index (χ3v) is 1.36. The highest BCUT2D eigenvalue weighted by atomic mass is 16.1. The Kier molecular flexibility index (Phi) is 7.82. The van der Waals surface area contributed by atoms with Crippen LogP contribution >= 0.6 is 0 Å². The van der Waals surface area contributed by atoms with Crippen LogP contribution in [0, 0.1) is 0 Å². The number of amides is 1. The summed E-state index contributed by atoms with van der Waals surface area (Å²) in [6, 6.07) is 0. The number of hydrogen-bond donors (Lipinski definition) is 3. The number of hydrazine groups is 1. The van der Waals surface area contributed by atoms with Crippen molar-refractivity contribution in [1.29, 1.82) is 0 Å². The highest BCUT2D eigenvalue weighted by molar-refractivity contribution is 5.86. The summed E-state index contributed by atoms with van der Waals surface area (Å²) in [7, 11) is 0. The zero-order chi connectivity index (χ0) is 9.94. The molecule has 74 valence electrons. The molecule has 0 saturated heterocycles. The summed E-state index contributed by atoms with van der Waals surface area (Å²) in [5.74, 6) is 4.83. The van der Waals surface area contributed by atoms with Crippen LogP contribution in [0.3, 0.4) is 0 Å². The zero-order valence-corrected chi connectivity index (χ0v) is 7.62. The third-order valence-electron chi connectivity index (χ3n) is 1.36. The minimum atomic E-state index is -0.132. The summed E-state index contributed by atoms with van der Waals surface area (Å²) in [6.45, 7) is 4.72. The monoisotopic (exact) mass is 184 g/mol. The van der Waals surface area contributed by atoms with Gasteiger partial charge in [-0.3, -0.25) is 9.79 Å². The van der Waals surface area contributed by atoms with E-state index in [2.05, 4.69) is 22.3 Å². The molecule has 1 amide bonds. The van der Waals surface area contributed by atoms with Crippen molar-refractivity contribution in [2.45, 2.75) is 12.8 Å². The number of nitrogens with zero attached hydrogens (tertiary/aromatic N) is 1. The van der Waals surface area contributed by atoms with Gasteiger partial charge in [-0.15, -0.1) is 0 Å². The van der Waals surface area contributed by atoms with Gasteiger partial charge in [0.25, 0.3) is 0 Å². The van der Waals surface area contributed by atoms with Crippen LogP contribution in [0.1, 0.15) is 12.8 Å². The summed E-state index contributed by atoms with van der Waals surface area (Å²) < 4.78 is 0. The average Bonchev–Trinajstić information content (AvgIpc) is 2.16. The maximum atomic E-state index is 10.7. The van der Waals surface area contributed by atoms with E-state index in [4.69, 9.17) is 5.84 Å². The molecule has 5 heteroatoms. The smallest absolute Gasteiger partial charge is 0.243 e. The molecule has 0 aliphatic heterocycles. The Morgan fingerprint density at radius 1 is 1.54 bits per heavy atom. The van der Waals surface area contributed by atoms with Crippen molar-refractivity contribution in [3.8, 4) is 0 Å². The van der Waals surface area contributed by atoms with Crippen LogP contribution in [0.2, 0.25) is 0 Å². The van der Waals surface area contributed by atoms with Crippen LogP contribution in [-0.2, 0) is 4.79 Å². The molecule has 0 heterocycles. The summed E-state index contributed by atoms with van der Waals surface area (Å²) in [6.07, 6.45) is 4.54. The molecule has 0 radical (unpaired) electrons. The van der Waals surface area contributed by atoms with E-state index < -0.39 is 0 Å². The van der Waals surface area contributed by atoms with Gasteiger partial charge in [0.1, 0.15) is 0 Å². The fraction of sp³-hybridized carbons (Fsp3) is 0.500. The van der Waals surface area contributed by atoms with Crippen LogP contribution < -0.4 is 16.6 Å². The number of nitrogens with two attached hydrogens (primary N) is 1. The molecule has 0 bridgehead atoms. The first-order valence-corrected chi connectivity index (χ1v) is 4.16. The maximum Gasteiger partial charge on any atom is 0.243 e. The largest absolute Gasteiger partial charge is 0.353 e. The molecule has 0 atom stereocenters. The van der Waals surface area contributed by atoms with Gasteiger partial charge in [-0.2, -0.15) is 0 Å². The van der Waals surface area contributed by atoms with E-state index >= 15 is 0 Å². The molecule has 5 nitrogen and oxygen atoms in total. The molecule has 4 N–H and O–H groups in total. The standard InChI is InChI=1S/C8H16N4O/c1-2-8(13)11-6-4-3-5-10-7-12-9/h2,7H,1,3-6,9H2,(H,10,12)(H,11,13). The van der Waals surface area contributed by atoms with Crippen molar-refractivity contribution in [2.24, 2.45) is 10.8 Å². The van der Waals surface area contributed by atoms with Crippen LogP contribution in [0.5, 0.6) is 0 Å². The number of carbonyl (C=O) groups is 1. The fourth-order valence-corrected chi connectivity index (χ4v) is 0.729. The molecule has 13 heavy (non-hydrogen) atoms. The van der Waals surface area contributed by atoms with E-state index in [0.29, 0.717) is 13.1 Å². The minimum absolute atomic E-state index is 0.132. The van der Waals surface area contributed by atoms with Gasteiger partial charge < -0.3 is 10.7 Å². The van der Waals surface area contributed by atoms with Crippen molar-refractivity contribution >= 4 is 12.2 Å². The van der Waals surface area contributed by atoms with E-state index in [-0.39, 0.29) is 5.91 Å². The first-order valence-electron chi connectivity index (χ1n) is 4.16. The minimum Gasteiger partial charge on any atom is -0.353 e. The summed E-state index contributed by atoms with van der Waals surface area (Å²) >= 11 is 0. The van der Waals surface area contributed by atoms with Gasteiger partial charge in [-0.1, -0.05) is 6.58 Å². The number of aliphatic imine (C=N–C) groups is 1. The molecule has 0 aliphatic carbocycles. The Bertz CT molecular complexity index is 179. The predicted octanol–water partition coefficient (Wildman–Crippen LogP) is -0.440. The molecule has 0 unspecified atom stereocenters. The molecule has 0 aliphatic rings. The second-order valence-electron chi connectivity index (χ2n) is 2.40. The van der Waals surface area contributed by atoms with Gasteiger partial charge in [0.15, 0.2) is 0 Å². The van der Waals surface area contributed by atoms with E-state index in [0.717, 1.165) is 12.8 Å². The lowest BCUT2D eigenvalue weighted by molar-refractivity contribution is -0.116. The first kappa shape index (κ1) is 11.6. The second-order valence-corrected chi connectivity index (χ2v) is 2.40. The van der Waals surface area contributed by atoms with Gasteiger partial charge in [0.2, 0.25) is 5.91 Å². The number of rotatable bonds is 7. The van der Waals surface area contributed by atoms with Gasteiger partial charge in [0.05, 0.1) is 6.34 Å². The Morgan fingerprint density at radius 3 is 2.92 bits per heavy atom. The lowest BCUT2D eigenvalue weighted by Gasteiger charge is -1.99. The van der Waals surface area contributed by atoms with Crippen LogP contribution in [-0.4, -0.2) is 25.3 Å². The van der Waals surface area contributed by atoms with Crippen LogP contribution in [0.15, 0.2) is 17.6 Å². The number of hydrogen-bond acceptors (Lipinski definition) is 3. The highest BCUT2D eigenvalue weighted by Gasteiger charge is 1.91. The van der Waals surface area contributed by atoms with Gasteiger partial charge in [0, 0.05) is 13.1 Å². The first-order chi connectivity index (χ1) is 6.31. The second kappa shape index (κ2) is 8.73. The van der Waals surface area contributed by atoms with Crippen molar-refractivity contribution in [1.82, 2.24) is 10.7 Å². The van der Waals surface area contributed by atoms with E-state index in [1.165, 1.54) is 12.4 Å². The number of nitrogens with one attached hydrogen (secondary N) is 2. The summed E-state index contributed by atoms with van der Waals surface area (Å²) in [4.78, 5) is 14.6. The molecular formula is C8H16N4O. The average molecular weight is 184 g/mol. The Morgan fingerprint density at radius 2 is 2.31 bits per heavy atom. The lowest BCUT2D eigenvalue weighted by atomic mass is 10.3. The molecular weight excluding hydrogens is 168 g/mol. The Hall–Kier alpha value is -1.36. The molecule has 0 aromatic rings. The SMILES string of the molecule is C=CC(=O)NCCCCN=CNN. The van der Waals surface area contributed by atoms with E-state index in [9.17, 15) is 4.79 Å². The molecule has 0 spiro atoms. The van der Waals surface area contributed by atoms with E-state index in [1.807, 2.05) is 0 Å². The van der Waals surface area contributed by atoms with Crippen LogP contribution in [0.4, 0.5) is 0 Å². The van der Waals surface area contributed by atoms with Gasteiger partial charge >= 0.3 is 0 Å². The Labute approximate surface area is 78.1 Å². The third kappa shape index (κ3) is 8.55. The molecule has 0 aromatic carbocycles. The highest BCUT2D eigenvalue weighted by Crippen LogP contribution is 1.86. The molecule has 0 fully saturated rings. The van der Waals surface area contributed by atoms with Gasteiger partial charge in [-0.25, -0.2) is 5.84 Å². The molecule has 0 saturated carbocycles. The summed E-state index contributed by atoms with van der Waals surface area (Å²) in [5.41, 5.74) is 2.31. The van der Waals surface area contributed by atoms with Crippen molar-refractivity contribution < 1.29 is 4.79 Å². The lowest BCUT2D eigenvalue weighted by Crippen LogP contribution is -2.22.